The molecule has 0 spiro atoms. The van der Waals surface area contributed by atoms with Crippen molar-refractivity contribution in [3.05, 3.63) is 27.9 Å². The van der Waals surface area contributed by atoms with Crippen molar-refractivity contribution in [2.45, 2.75) is 37.1 Å². The maximum Gasteiger partial charge on any atom is 0.308 e. The molecular weight excluding hydrogens is 414 g/mol. The van der Waals surface area contributed by atoms with Gasteiger partial charge in [0.05, 0.1) is 28.3 Å². The van der Waals surface area contributed by atoms with Gasteiger partial charge in [0.15, 0.2) is 0 Å². The minimum absolute atomic E-state index is 0.0717. The van der Waals surface area contributed by atoms with Crippen molar-refractivity contribution in [3.8, 4) is 0 Å². The van der Waals surface area contributed by atoms with E-state index in [0.717, 1.165) is 43.7 Å². The molecule has 0 unspecified atom stereocenters. The Bertz CT molecular complexity index is 1050. The Morgan fingerprint density at radius 3 is 2.52 bits per heavy atom. The van der Waals surface area contributed by atoms with E-state index in [0.29, 0.717) is 43.1 Å². The molecule has 8 nitrogen and oxygen atoms in total. The summed E-state index contributed by atoms with van der Waals surface area (Å²) in [7, 11) is -3.61. The number of thiazole rings is 1. The Kier molecular flexibility index (Phi) is 6.05. The first-order chi connectivity index (χ1) is 14.0. The minimum Gasteiger partial charge on any atom is -0.379 e. The topological polar surface area (TPSA) is 88.9 Å². The monoisotopic (exact) mass is 439 g/mol. The molecule has 0 saturated carbocycles. The van der Waals surface area contributed by atoms with Crippen molar-refractivity contribution in [1.29, 1.82) is 0 Å². The molecule has 4 rings (SSSR count). The number of hydrogen-bond acceptors (Lipinski definition) is 6. The highest BCUT2D eigenvalue weighted by atomic mass is 32.2. The molecule has 1 aromatic heterocycles. The van der Waals surface area contributed by atoms with Crippen LogP contribution in [0, 0.1) is 0 Å². The SMILES string of the molecule is O=C(CCn1c(=O)sc2cc(S(=O)(=O)N3CCOCC3)ccc21)N1CCCCC1. The minimum atomic E-state index is -3.61. The van der Waals surface area contributed by atoms with Crippen LogP contribution in [0.5, 0.6) is 0 Å². The van der Waals surface area contributed by atoms with Gasteiger partial charge < -0.3 is 9.64 Å². The number of rotatable bonds is 5. The summed E-state index contributed by atoms with van der Waals surface area (Å²) in [5.74, 6) is 0.0717. The van der Waals surface area contributed by atoms with Crippen molar-refractivity contribution < 1.29 is 17.9 Å². The van der Waals surface area contributed by atoms with Gasteiger partial charge in [-0.3, -0.25) is 14.2 Å². The van der Waals surface area contributed by atoms with E-state index in [4.69, 9.17) is 4.74 Å². The van der Waals surface area contributed by atoms with Gasteiger partial charge in [0, 0.05) is 39.1 Å². The van der Waals surface area contributed by atoms with Gasteiger partial charge in [-0.15, -0.1) is 0 Å². The standard InChI is InChI=1S/C19H25N3O5S2/c23-18(20-7-2-1-3-8-20)6-9-22-16-5-4-15(14-17(16)28-19(22)24)29(25,26)21-10-12-27-13-11-21/h4-5,14H,1-3,6-13H2. The third-order valence-corrected chi connectivity index (χ3v) is 8.34. The lowest BCUT2D eigenvalue weighted by atomic mass is 10.1. The van der Waals surface area contributed by atoms with Gasteiger partial charge in [-0.1, -0.05) is 11.3 Å². The number of likely N-dealkylation sites (tertiary alicyclic amines) is 1. The third kappa shape index (κ3) is 4.25. The van der Waals surface area contributed by atoms with Crippen LogP contribution in [-0.4, -0.2) is 67.5 Å². The molecule has 29 heavy (non-hydrogen) atoms. The molecule has 2 aliphatic heterocycles. The Hall–Kier alpha value is -1.75. The van der Waals surface area contributed by atoms with Crippen LogP contribution in [0.15, 0.2) is 27.9 Å². The predicted octanol–water partition coefficient (Wildman–Crippen LogP) is 1.49. The van der Waals surface area contributed by atoms with E-state index in [9.17, 15) is 18.0 Å². The van der Waals surface area contributed by atoms with Gasteiger partial charge in [-0.2, -0.15) is 4.31 Å². The molecular formula is C19H25N3O5S2. The normalized spacial score (nSPS) is 19.0. The first kappa shape index (κ1) is 20.5. The Morgan fingerprint density at radius 2 is 1.79 bits per heavy atom. The largest absolute Gasteiger partial charge is 0.379 e. The molecule has 0 aliphatic carbocycles. The molecule has 2 aliphatic rings. The molecule has 2 fully saturated rings. The Labute approximate surface area is 173 Å². The van der Waals surface area contributed by atoms with E-state index in [1.807, 2.05) is 4.90 Å². The van der Waals surface area contributed by atoms with Crippen LogP contribution in [0.1, 0.15) is 25.7 Å². The second-order valence-corrected chi connectivity index (χ2v) is 10.3. The zero-order valence-electron chi connectivity index (χ0n) is 16.2. The summed E-state index contributed by atoms with van der Waals surface area (Å²) in [4.78, 5) is 26.8. The van der Waals surface area contributed by atoms with E-state index < -0.39 is 10.0 Å². The average Bonchev–Trinajstić information content (AvgIpc) is 3.07. The summed E-state index contributed by atoms with van der Waals surface area (Å²) in [6.07, 6.45) is 3.51. The molecule has 158 valence electrons. The maximum atomic E-state index is 12.9. The molecule has 0 N–H and O–H groups in total. The summed E-state index contributed by atoms with van der Waals surface area (Å²) >= 11 is 1.02. The Morgan fingerprint density at radius 1 is 1.07 bits per heavy atom. The summed E-state index contributed by atoms with van der Waals surface area (Å²) < 4.78 is 34.5. The number of carbonyl (C=O) groups is 1. The molecule has 2 aromatic rings. The second-order valence-electron chi connectivity index (χ2n) is 7.36. The van der Waals surface area contributed by atoms with E-state index in [1.54, 1.807) is 22.8 Å². The van der Waals surface area contributed by atoms with E-state index in [1.165, 1.54) is 4.31 Å². The number of piperidine rings is 1. The molecule has 2 saturated heterocycles. The number of amides is 1. The van der Waals surface area contributed by atoms with Crippen molar-refractivity contribution in [3.63, 3.8) is 0 Å². The molecule has 1 aromatic carbocycles. The second kappa shape index (κ2) is 8.55. The van der Waals surface area contributed by atoms with Gasteiger partial charge in [-0.25, -0.2) is 8.42 Å². The molecule has 0 bridgehead atoms. The highest BCUT2D eigenvalue weighted by Crippen LogP contribution is 2.25. The Balaban J connectivity index is 1.53. The molecule has 0 radical (unpaired) electrons. The lowest BCUT2D eigenvalue weighted by Gasteiger charge is -2.26. The number of sulfonamides is 1. The van der Waals surface area contributed by atoms with Crippen LogP contribution >= 0.6 is 11.3 Å². The number of hydrogen-bond donors (Lipinski definition) is 0. The van der Waals surface area contributed by atoms with E-state index in [2.05, 4.69) is 0 Å². The van der Waals surface area contributed by atoms with Gasteiger partial charge in [0.1, 0.15) is 0 Å². The summed E-state index contributed by atoms with van der Waals surface area (Å²) in [5, 5.41) is 0. The maximum absolute atomic E-state index is 12.9. The van der Waals surface area contributed by atoms with Crippen LogP contribution in [0.25, 0.3) is 10.2 Å². The number of fused-ring (bicyclic) bond motifs is 1. The molecule has 3 heterocycles. The zero-order valence-corrected chi connectivity index (χ0v) is 17.8. The highest BCUT2D eigenvalue weighted by molar-refractivity contribution is 7.89. The highest BCUT2D eigenvalue weighted by Gasteiger charge is 2.27. The first-order valence-corrected chi connectivity index (χ1v) is 12.2. The fourth-order valence-electron chi connectivity index (χ4n) is 3.86. The average molecular weight is 440 g/mol. The van der Waals surface area contributed by atoms with Gasteiger partial charge in [0.2, 0.25) is 15.9 Å². The molecule has 0 atom stereocenters. The number of morpholine rings is 1. The number of aromatic nitrogens is 1. The first-order valence-electron chi connectivity index (χ1n) is 9.96. The van der Waals surface area contributed by atoms with Crippen LogP contribution in [0.2, 0.25) is 0 Å². The number of carbonyl (C=O) groups excluding carboxylic acids is 1. The van der Waals surface area contributed by atoms with Crippen molar-refractivity contribution in [1.82, 2.24) is 13.8 Å². The molecule has 1 amide bonds. The van der Waals surface area contributed by atoms with Crippen LogP contribution < -0.4 is 4.87 Å². The summed E-state index contributed by atoms with van der Waals surface area (Å²) in [6, 6.07) is 4.78. The smallest absolute Gasteiger partial charge is 0.308 e. The van der Waals surface area contributed by atoms with Gasteiger partial charge in [0.25, 0.3) is 0 Å². The number of nitrogens with zero attached hydrogens (tertiary/aromatic N) is 3. The van der Waals surface area contributed by atoms with Crippen molar-refractivity contribution >= 4 is 37.5 Å². The lowest BCUT2D eigenvalue weighted by Crippen LogP contribution is -2.40. The van der Waals surface area contributed by atoms with Gasteiger partial charge >= 0.3 is 4.87 Å². The quantitative estimate of drug-likeness (QED) is 0.704. The fraction of sp³-hybridized carbons (Fsp3) is 0.579. The number of ether oxygens (including phenoxy) is 1. The van der Waals surface area contributed by atoms with Crippen LogP contribution in [-0.2, 0) is 26.1 Å². The van der Waals surface area contributed by atoms with Crippen LogP contribution in [0.4, 0.5) is 0 Å². The van der Waals surface area contributed by atoms with E-state index in [-0.39, 0.29) is 22.1 Å². The van der Waals surface area contributed by atoms with Gasteiger partial charge in [-0.05, 0) is 37.5 Å². The van der Waals surface area contributed by atoms with Crippen molar-refractivity contribution in [2.24, 2.45) is 0 Å². The number of benzene rings is 1. The molecule has 10 heteroatoms. The summed E-state index contributed by atoms with van der Waals surface area (Å²) in [6.45, 7) is 3.32. The zero-order chi connectivity index (χ0) is 20.4. The lowest BCUT2D eigenvalue weighted by molar-refractivity contribution is -0.132. The summed E-state index contributed by atoms with van der Waals surface area (Å²) in [5.41, 5.74) is 0.673. The van der Waals surface area contributed by atoms with Crippen LogP contribution in [0.3, 0.4) is 0 Å². The number of aryl methyl sites for hydroxylation is 1. The van der Waals surface area contributed by atoms with Crippen molar-refractivity contribution in [2.75, 3.05) is 39.4 Å². The van der Waals surface area contributed by atoms with E-state index >= 15 is 0 Å². The third-order valence-electron chi connectivity index (χ3n) is 5.51. The predicted molar refractivity (Wildman–Crippen MR) is 111 cm³/mol. The fourth-order valence-corrected chi connectivity index (χ4v) is 6.33.